The molecule has 0 fully saturated rings. The van der Waals surface area contributed by atoms with Crippen molar-refractivity contribution >= 4 is 46.2 Å². The number of esters is 1. The van der Waals surface area contributed by atoms with Crippen molar-refractivity contribution < 1.29 is 14.5 Å². The molecule has 124 valence electrons. The summed E-state index contributed by atoms with van der Waals surface area (Å²) in [4.78, 5) is 26.6. The highest BCUT2D eigenvalue weighted by Gasteiger charge is 2.23. The molecule has 7 heteroatoms. The summed E-state index contributed by atoms with van der Waals surface area (Å²) in [7, 11) is 0. The van der Waals surface area contributed by atoms with Crippen LogP contribution in [-0.4, -0.2) is 16.8 Å². The Morgan fingerprint density at radius 3 is 2.56 bits per heavy atom. The highest BCUT2D eigenvalue weighted by atomic mass is 127. The number of carbonyl (C=O) groups is 1. The molecule has 25 heavy (non-hydrogen) atoms. The molecular formula is C18H11IN2O4. The first kappa shape index (κ1) is 17.0. The number of para-hydroxylation sites is 1. The van der Waals surface area contributed by atoms with Gasteiger partial charge in [-0.05, 0) is 65.1 Å². The zero-order chi connectivity index (χ0) is 17.8. The molecule has 0 aliphatic carbocycles. The molecule has 0 aromatic heterocycles. The van der Waals surface area contributed by atoms with Crippen molar-refractivity contribution in [1.29, 1.82) is 0 Å². The van der Waals surface area contributed by atoms with Gasteiger partial charge in [-0.3, -0.25) is 10.1 Å². The van der Waals surface area contributed by atoms with Crippen molar-refractivity contribution in [3.05, 3.63) is 91.2 Å². The van der Waals surface area contributed by atoms with Crippen molar-refractivity contribution in [2.24, 2.45) is 4.99 Å². The first-order valence-electron chi connectivity index (χ1n) is 7.23. The summed E-state index contributed by atoms with van der Waals surface area (Å²) in [5.41, 5.74) is 1.29. The number of hydrogen-bond donors (Lipinski definition) is 0. The predicted molar refractivity (Wildman–Crippen MR) is 102 cm³/mol. The predicted octanol–water partition coefficient (Wildman–Crippen LogP) is 4.10. The van der Waals surface area contributed by atoms with Gasteiger partial charge in [-0.15, -0.1) is 0 Å². The molecule has 0 saturated carbocycles. The second kappa shape index (κ2) is 7.39. The molecule has 6 nitrogen and oxygen atoms in total. The van der Waals surface area contributed by atoms with Crippen LogP contribution in [0.15, 0.2) is 71.4 Å². The molecule has 2 aromatic carbocycles. The maximum Gasteiger partial charge on any atom is 0.363 e. The molecule has 3 rings (SSSR count). The van der Waals surface area contributed by atoms with Crippen LogP contribution in [0.5, 0.6) is 0 Å². The van der Waals surface area contributed by atoms with E-state index in [1.54, 1.807) is 30.4 Å². The molecule has 0 atom stereocenters. The van der Waals surface area contributed by atoms with Gasteiger partial charge in [0.2, 0.25) is 5.90 Å². The number of nitro groups is 1. The molecule has 0 amide bonds. The van der Waals surface area contributed by atoms with Crippen LogP contribution in [0.1, 0.15) is 11.1 Å². The minimum absolute atomic E-state index is 0.00535. The first-order valence-corrected chi connectivity index (χ1v) is 8.31. The van der Waals surface area contributed by atoms with E-state index in [0.717, 1.165) is 3.57 Å². The van der Waals surface area contributed by atoms with Gasteiger partial charge >= 0.3 is 5.97 Å². The minimum Gasteiger partial charge on any atom is -0.402 e. The second-order valence-electron chi connectivity index (χ2n) is 5.04. The number of ether oxygens (including phenoxy) is 1. The van der Waals surface area contributed by atoms with Gasteiger partial charge in [0.1, 0.15) is 0 Å². The van der Waals surface area contributed by atoms with Gasteiger partial charge in [0.15, 0.2) is 5.70 Å². The summed E-state index contributed by atoms with van der Waals surface area (Å²) in [6, 6.07) is 13.8. The fraction of sp³-hybridized carbons (Fsp3) is 0. The zero-order valence-corrected chi connectivity index (χ0v) is 14.9. The lowest BCUT2D eigenvalue weighted by molar-refractivity contribution is -0.385. The van der Waals surface area contributed by atoms with Gasteiger partial charge in [-0.25, -0.2) is 9.79 Å². The number of benzene rings is 2. The SMILES string of the molecule is O=C1OC(c2ccc(I)cc2)=N/C1=C/C=C/c1ccccc1[N+](=O)[O-]. The fourth-order valence-electron chi connectivity index (χ4n) is 2.18. The van der Waals surface area contributed by atoms with Gasteiger partial charge < -0.3 is 4.74 Å². The second-order valence-corrected chi connectivity index (χ2v) is 6.29. The van der Waals surface area contributed by atoms with Crippen LogP contribution in [0.4, 0.5) is 5.69 Å². The highest BCUT2D eigenvalue weighted by molar-refractivity contribution is 14.1. The number of cyclic esters (lactones) is 1. The van der Waals surface area contributed by atoms with E-state index in [1.165, 1.54) is 12.1 Å². The average Bonchev–Trinajstić information content (AvgIpc) is 2.97. The summed E-state index contributed by atoms with van der Waals surface area (Å²) >= 11 is 2.18. The van der Waals surface area contributed by atoms with Gasteiger partial charge in [-0.1, -0.05) is 18.2 Å². The van der Waals surface area contributed by atoms with E-state index < -0.39 is 10.9 Å². The van der Waals surface area contributed by atoms with E-state index in [2.05, 4.69) is 27.6 Å². The lowest BCUT2D eigenvalue weighted by Crippen LogP contribution is -2.05. The van der Waals surface area contributed by atoms with Gasteiger partial charge in [0.05, 0.1) is 10.5 Å². The number of hydrogen-bond acceptors (Lipinski definition) is 5. The molecule has 1 aliphatic rings. The number of allylic oxidation sites excluding steroid dienone is 2. The molecule has 0 radical (unpaired) electrons. The Morgan fingerprint density at radius 1 is 1.12 bits per heavy atom. The third-order valence-corrected chi connectivity index (χ3v) is 4.09. The Morgan fingerprint density at radius 2 is 1.84 bits per heavy atom. The smallest absolute Gasteiger partial charge is 0.363 e. The standard InChI is InChI=1S/C18H11IN2O4/c19-14-10-8-13(9-11-14)17-20-15(18(22)25-17)6-3-5-12-4-1-2-7-16(12)21(23)24/h1-11H/b5-3+,15-6+. The molecule has 1 heterocycles. The number of aliphatic imine (C=N–C) groups is 1. The van der Waals surface area contributed by atoms with Gasteiger partial charge in [-0.2, -0.15) is 0 Å². The van der Waals surface area contributed by atoms with Crippen molar-refractivity contribution in [3.63, 3.8) is 0 Å². The number of rotatable bonds is 4. The molecule has 0 saturated heterocycles. The Balaban J connectivity index is 1.83. The van der Waals surface area contributed by atoms with Gasteiger partial charge in [0.25, 0.3) is 5.69 Å². The lowest BCUT2D eigenvalue weighted by atomic mass is 10.1. The highest BCUT2D eigenvalue weighted by Crippen LogP contribution is 2.20. The van der Waals surface area contributed by atoms with Crippen LogP contribution in [-0.2, 0) is 9.53 Å². The molecule has 0 N–H and O–H groups in total. The van der Waals surface area contributed by atoms with E-state index in [0.29, 0.717) is 11.1 Å². The summed E-state index contributed by atoms with van der Waals surface area (Å²) in [5.74, 6) is -0.312. The van der Waals surface area contributed by atoms with Crippen LogP contribution in [0.2, 0.25) is 0 Å². The Kier molecular flexibility index (Phi) is 5.03. The number of nitrogens with zero attached hydrogens (tertiary/aromatic N) is 2. The zero-order valence-electron chi connectivity index (χ0n) is 12.8. The average molecular weight is 446 g/mol. The lowest BCUT2D eigenvalue weighted by Gasteiger charge is -1.98. The molecule has 0 spiro atoms. The van der Waals surface area contributed by atoms with E-state index in [-0.39, 0.29) is 17.3 Å². The van der Waals surface area contributed by atoms with E-state index in [4.69, 9.17) is 4.74 Å². The normalized spacial score (nSPS) is 15.5. The van der Waals surface area contributed by atoms with Crippen LogP contribution >= 0.6 is 22.6 Å². The number of nitro benzene ring substituents is 1. The van der Waals surface area contributed by atoms with Crippen molar-refractivity contribution in [3.8, 4) is 0 Å². The third-order valence-electron chi connectivity index (χ3n) is 3.38. The molecular weight excluding hydrogens is 435 g/mol. The Hall–Kier alpha value is -2.81. The van der Waals surface area contributed by atoms with Crippen molar-refractivity contribution in [2.45, 2.75) is 0 Å². The molecule has 0 bridgehead atoms. The molecule has 1 aliphatic heterocycles. The summed E-state index contributed by atoms with van der Waals surface area (Å²) < 4.78 is 6.23. The Labute approximate surface area is 156 Å². The minimum atomic E-state index is -0.555. The van der Waals surface area contributed by atoms with Crippen LogP contribution in [0.25, 0.3) is 6.08 Å². The maximum atomic E-state index is 11.9. The summed E-state index contributed by atoms with van der Waals surface area (Å²) in [5, 5.41) is 11.0. The number of halogens is 1. The quantitative estimate of drug-likeness (QED) is 0.233. The van der Waals surface area contributed by atoms with E-state index in [1.807, 2.05) is 24.3 Å². The van der Waals surface area contributed by atoms with Gasteiger partial charge in [0, 0.05) is 15.2 Å². The van der Waals surface area contributed by atoms with E-state index in [9.17, 15) is 14.9 Å². The van der Waals surface area contributed by atoms with Crippen LogP contribution in [0.3, 0.4) is 0 Å². The largest absolute Gasteiger partial charge is 0.402 e. The van der Waals surface area contributed by atoms with Crippen molar-refractivity contribution in [1.82, 2.24) is 0 Å². The Bertz CT molecular complexity index is 930. The topological polar surface area (TPSA) is 81.8 Å². The van der Waals surface area contributed by atoms with Crippen molar-refractivity contribution in [2.75, 3.05) is 0 Å². The maximum absolute atomic E-state index is 11.9. The number of carbonyl (C=O) groups excluding carboxylic acids is 1. The third kappa shape index (κ3) is 4.00. The fourth-order valence-corrected chi connectivity index (χ4v) is 2.54. The molecule has 2 aromatic rings. The summed E-state index contributed by atoms with van der Waals surface area (Å²) in [6.45, 7) is 0. The monoisotopic (exact) mass is 446 g/mol. The summed E-state index contributed by atoms with van der Waals surface area (Å²) in [6.07, 6.45) is 4.56. The first-order chi connectivity index (χ1) is 12.0. The van der Waals surface area contributed by atoms with E-state index >= 15 is 0 Å². The van der Waals surface area contributed by atoms with Crippen LogP contribution in [0, 0.1) is 13.7 Å². The van der Waals surface area contributed by atoms with Crippen LogP contribution < -0.4 is 0 Å². The molecule has 0 unspecified atom stereocenters.